The molecule has 4 heteroatoms. The molecule has 1 N–H and O–H groups in total. The summed E-state index contributed by atoms with van der Waals surface area (Å²) in [5.41, 5.74) is 1.82. The van der Waals surface area contributed by atoms with E-state index in [1.165, 1.54) is 6.20 Å². The van der Waals surface area contributed by atoms with E-state index in [-0.39, 0.29) is 5.69 Å². The second-order valence-electron chi connectivity index (χ2n) is 4.02. The maximum Gasteiger partial charge on any atom is 0.356 e. The minimum atomic E-state index is -1.01. The highest BCUT2D eigenvalue weighted by molar-refractivity contribution is 5.92. The van der Waals surface area contributed by atoms with Gasteiger partial charge in [0, 0.05) is 19.8 Å². The number of hydrogen-bond donors (Lipinski definition) is 1. The van der Waals surface area contributed by atoms with Crippen LogP contribution < -0.4 is 4.90 Å². The van der Waals surface area contributed by atoms with Crippen LogP contribution in [0.2, 0.25) is 0 Å². The number of aromatic nitrogens is 1. The summed E-state index contributed by atoms with van der Waals surface area (Å²) in [6.07, 6.45) is 1.49. The second-order valence-corrected chi connectivity index (χ2v) is 4.02. The lowest BCUT2D eigenvalue weighted by molar-refractivity contribution is 0.0691. The number of pyridine rings is 1. The Hall–Kier alpha value is -2.36. The van der Waals surface area contributed by atoms with E-state index in [2.05, 4.69) is 4.98 Å². The number of carbonyl (C=O) groups is 1. The Morgan fingerprint density at radius 1 is 1.22 bits per heavy atom. The lowest BCUT2D eigenvalue weighted by Gasteiger charge is -2.20. The molecule has 18 heavy (non-hydrogen) atoms. The van der Waals surface area contributed by atoms with Gasteiger partial charge in [0.15, 0.2) is 5.69 Å². The largest absolute Gasteiger partial charge is 0.476 e. The summed E-state index contributed by atoms with van der Waals surface area (Å²) in [6, 6.07) is 13.4. The molecule has 0 fully saturated rings. The maximum absolute atomic E-state index is 11.1. The molecule has 0 saturated carbocycles. The van der Waals surface area contributed by atoms with Crippen molar-refractivity contribution in [3.63, 3.8) is 0 Å². The smallest absolute Gasteiger partial charge is 0.356 e. The van der Waals surface area contributed by atoms with Gasteiger partial charge in [-0.2, -0.15) is 0 Å². The Labute approximate surface area is 106 Å². The van der Waals surface area contributed by atoms with Crippen molar-refractivity contribution in [2.24, 2.45) is 0 Å². The van der Waals surface area contributed by atoms with Crippen LogP contribution in [-0.4, -0.2) is 23.1 Å². The number of carboxylic acid groups (broad SMARTS) is 1. The zero-order valence-corrected chi connectivity index (χ0v) is 10.1. The first kappa shape index (κ1) is 12.1. The van der Waals surface area contributed by atoms with Crippen molar-refractivity contribution in [3.05, 3.63) is 59.9 Å². The Bertz CT molecular complexity index is 541. The average Bonchev–Trinajstić information content (AvgIpc) is 2.40. The molecule has 0 atom stereocenters. The summed E-state index contributed by atoms with van der Waals surface area (Å²) in [7, 11) is 1.86. The Kier molecular flexibility index (Phi) is 3.57. The number of anilines is 1. The minimum Gasteiger partial charge on any atom is -0.476 e. The first-order valence-electron chi connectivity index (χ1n) is 5.62. The summed E-state index contributed by atoms with van der Waals surface area (Å²) in [6.45, 7) is 0.646. The quantitative estimate of drug-likeness (QED) is 0.894. The van der Waals surface area contributed by atoms with Gasteiger partial charge in [-0.1, -0.05) is 30.3 Å². The fourth-order valence-corrected chi connectivity index (χ4v) is 1.81. The van der Waals surface area contributed by atoms with E-state index in [0.717, 1.165) is 5.56 Å². The van der Waals surface area contributed by atoms with Gasteiger partial charge in [0.1, 0.15) is 0 Å². The van der Waals surface area contributed by atoms with Crippen LogP contribution in [0.25, 0.3) is 0 Å². The highest BCUT2D eigenvalue weighted by Crippen LogP contribution is 2.18. The van der Waals surface area contributed by atoms with Crippen LogP contribution in [0.15, 0.2) is 48.7 Å². The van der Waals surface area contributed by atoms with Crippen molar-refractivity contribution in [2.45, 2.75) is 6.54 Å². The molecule has 0 amide bonds. The molecule has 0 aliphatic heterocycles. The number of carboxylic acids is 1. The van der Waals surface area contributed by atoms with Gasteiger partial charge in [0.2, 0.25) is 0 Å². The summed E-state index contributed by atoms with van der Waals surface area (Å²) in [5, 5.41) is 9.09. The maximum atomic E-state index is 11.1. The molecule has 0 bridgehead atoms. The Morgan fingerprint density at radius 3 is 2.61 bits per heavy atom. The predicted molar refractivity (Wildman–Crippen MR) is 69.7 cm³/mol. The monoisotopic (exact) mass is 242 g/mol. The van der Waals surface area contributed by atoms with Crippen molar-refractivity contribution < 1.29 is 9.90 Å². The van der Waals surface area contributed by atoms with Crippen LogP contribution >= 0.6 is 0 Å². The topological polar surface area (TPSA) is 53.4 Å². The third-order valence-electron chi connectivity index (χ3n) is 2.66. The van der Waals surface area contributed by atoms with Crippen molar-refractivity contribution in [3.8, 4) is 0 Å². The van der Waals surface area contributed by atoms with E-state index in [1.807, 2.05) is 42.3 Å². The van der Waals surface area contributed by atoms with Crippen LogP contribution in [-0.2, 0) is 6.54 Å². The van der Waals surface area contributed by atoms with E-state index in [1.54, 1.807) is 12.1 Å². The first-order chi connectivity index (χ1) is 8.68. The highest BCUT2D eigenvalue weighted by atomic mass is 16.4. The van der Waals surface area contributed by atoms with Crippen molar-refractivity contribution >= 4 is 11.7 Å². The third kappa shape index (κ3) is 2.66. The lowest BCUT2D eigenvalue weighted by Crippen LogP contribution is -2.20. The lowest BCUT2D eigenvalue weighted by atomic mass is 10.2. The molecule has 1 aromatic heterocycles. The van der Waals surface area contributed by atoms with Crippen LogP contribution in [0.1, 0.15) is 16.1 Å². The van der Waals surface area contributed by atoms with E-state index in [4.69, 9.17) is 5.11 Å². The van der Waals surface area contributed by atoms with Crippen LogP contribution in [0.5, 0.6) is 0 Å². The summed E-state index contributed by atoms with van der Waals surface area (Å²) >= 11 is 0. The van der Waals surface area contributed by atoms with Gasteiger partial charge >= 0.3 is 5.97 Å². The second kappa shape index (κ2) is 5.31. The van der Waals surface area contributed by atoms with Gasteiger partial charge in [-0.3, -0.25) is 0 Å². The minimum absolute atomic E-state index is 0.0796. The molecule has 1 aromatic carbocycles. The van der Waals surface area contributed by atoms with E-state index in [9.17, 15) is 4.79 Å². The van der Waals surface area contributed by atoms with Crippen LogP contribution in [0.3, 0.4) is 0 Å². The van der Waals surface area contributed by atoms with E-state index in [0.29, 0.717) is 12.2 Å². The summed E-state index contributed by atoms with van der Waals surface area (Å²) in [5.74, 6) is -1.01. The number of rotatable bonds is 4. The van der Waals surface area contributed by atoms with Crippen molar-refractivity contribution in [2.75, 3.05) is 11.9 Å². The summed E-state index contributed by atoms with van der Waals surface area (Å²) in [4.78, 5) is 16.9. The average molecular weight is 242 g/mol. The molecule has 1 heterocycles. The van der Waals surface area contributed by atoms with Gasteiger partial charge in [0.05, 0.1) is 5.69 Å². The number of benzene rings is 1. The van der Waals surface area contributed by atoms with E-state index >= 15 is 0 Å². The first-order valence-corrected chi connectivity index (χ1v) is 5.62. The van der Waals surface area contributed by atoms with Crippen LogP contribution in [0.4, 0.5) is 5.69 Å². The normalized spacial score (nSPS) is 10.1. The Morgan fingerprint density at radius 2 is 1.94 bits per heavy atom. The SMILES string of the molecule is CN(Cc1ccccc1)c1cccnc1C(=O)O. The zero-order chi connectivity index (χ0) is 13.0. The fourth-order valence-electron chi connectivity index (χ4n) is 1.81. The molecule has 0 unspecified atom stereocenters. The van der Waals surface area contributed by atoms with Gasteiger partial charge in [0.25, 0.3) is 0 Å². The molecule has 2 rings (SSSR count). The number of hydrogen-bond acceptors (Lipinski definition) is 3. The van der Waals surface area contributed by atoms with Gasteiger partial charge in [-0.05, 0) is 17.7 Å². The molecule has 0 spiro atoms. The summed E-state index contributed by atoms with van der Waals surface area (Å²) < 4.78 is 0. The number of nitrogens with zero attached hydrogens (tertiary/aromatic N) is 2. The van der Waals surface area contributed by atoms with Gasteiger partial charge in [-0.15, -0.1) is 0 Å². The van der Waals surface area contributed by atoms with Crippen molar-refractivity contribution in [1.82, 2.24) is 4.98 Å². The predicted octanol–water partition coefficient (Wildman–Crippen LogP) is 2.42. The molecule has 0 aliphatic carbocycles. The van der Waals surface area contributed by atoms with Crippen LogP contribution in [0, 0.1) is 0 Å². The molecule has 2 aromatic rings. The molecule has 0 radical (unpaired) electrons. The molecule has 0 aliphatic rings. The van der Waals surface area contributed by atoms with Crippen molar-refractivity contribution in [1.29, 1.82) is 0 Å². The zero-order valence-electron chi connectivity index (χ0n) is 10.1. The molecular weight excluding hydrogens is 228 g/mol. The third-order valence-corrected chi connectivity index (χ3v) is 2.66. The molecule has 92 valence electrons. The fraction of sp³-hybridized carbons (Fsp3) is 0.143. The number of aromatic carboxylic acids is 1. The molecule has 4 nitrogen and oxygen atoms in total. The van der Waals surface area contributed by atoms with Gasteiger partial charge < -0.3 is 10.0 Å². The molecular formula is C14H14N2O2. The standard InChI is InChI=1S/C14H14N2O2/c1-16(10-11-6-3-2-4-7-11)12-8-5-9-15-13(12)14(17)18/h2-9H,10H2,1H3,(H,17,18). The molecule has 0 saturated heterocycles. The highest BCUT2D eigenvalue weighted by Gasteiger charge is 2.14. The van der Waals surface area contributed by atoms with Gasteiger partial charge in [-0.25, -0.2) is 9.78 Å². The van der Waals surface area contributed by atoms with E-state index < -0.39 is 5.97 Å². The Balaban J connectivity index is 2.24.